The molecule has 0 amide bonds. The number of pyridine rings is 1. The third-order valence-corrected chi connectivity index (χ3v) is 6.03. The van der Waals surface area contributed by atoms with Crippen molar-refractivity contribution in [2.24, 2.45) is 7.05 Å². The fourth-order valence-corrected chi connectivity index (χ4v) is 4.66. The van der Waals surface area contributed by atoms with E-state index in [-0.39, 0.29) is 0 Å². The maximum absolute atomic E-state index is 8.07. The van der Waals surface area contributed by atoms with Gasteiger partial charge in [0.2, 0.25) is 0 Å². The first-order chi connectivity index (χ1) is 14.0. The zero-order chi connectivity index (χ0) is 21.1. The molecule has 0 aliphatic heterocycles. The van der Waals surface area contributed by atoms with Crippen LogP contribution in [0.4, 0.5) is 0 Å². The molecule has 0 saturated heterocycles. The monoisotopic (exact) mass is 390 g/mol. The van der Waals surface area contributed by atoms with Crippen molar-refractivity contribution < 1.29 is 0 Å². The van der Waals surface area contributed by atoms with Gasteiger partial charge in [-0.15, -0.1) is 0 Å². The van der Waals surface area contributed by atoms with Crippen LogP contribution >= 0.6 is 0 Å². The van der Waals surface area contributed by atoms with E-state index in [4.69, 9.17) is 15.4 Å². The Hall–Kier alpha value is -2.49. The number of nitrogens with one attached hydrogen (secondary N) is 1. The molecule has 0 bridgehead atoms. The molecule has 0 spiro atoms. The van der Waals surface area contributed by atoms with Crippen LogP contribution in [-0.2, 0) is 7.05 Å². The van der Waals surface area contributed by atoms with Gasteiger partial charge >= 0.3 is 0 Å². The fourth-order valence-electron chi connectivity index (χ4n) is 4.66. The molecule has 4 rings (SSSR count). The lowest BCUT2D eigenvalue weighted by Gasteiger charge is -2.21. The van der Waals surface area contributed by atoms with Gasteiger partial charge in [-0.2, -0.15) is 0 Å². The molecule has 1 saturated carbocycles. The highest BCUT2D eigenvalue weighted by Gasteiger charge is 2.22. The van der Waals surface area contributed by atoms with Crippen LogP contribution in [0.15, 0.2) is 24.4 Å². The minimum atomic E-state index is 0.571. The number of hydrogen-bond donors (Lipinski definition) is 1. The highest BCUT2D eigenvalue weighted by Crippen LogP contribution is 2.35. The molecule has 1 aliphatic carbocycles. The summed E-state index contributed by atoms with van der Waals surface area (Å²) < 4.78 is 2.30. The van der Waals surface area contributed by atoms with Crippen molar-refractivity contribution in [1.29, 1.82) is 5.41 Å². The van der Waals surface area contributed by atoms with Gasteiger partial charge in [0.05, 0.1) is 17.2 Å². The van der Waals surface area contributed by atoms with E-state index in [9.17, 15) is 0 Å². The first-order valence-corrected chi connectivity index (χ1v) is 11.0. The number of imidazole rings is 1. The van der Waals surface area contributed by atoms with Gasteiger partial charge in [0.1, 0.15) is 11.3 Å². The average Bonchev–Trinajstić information content (AvgIpc) is 3.08. The van der Waals surface area contributed by atoms with Gasteiger partial charge in [0.15, 0.2) is 0 Å². The molecular formula is C25H34N4. The minimum absolute atomic E-state index is 0.571. The van der Waals surface area contributed by atoms with Crippen molar-refractivity contribution in [2.75, 3.05) is 0 Å². The van der Waals surface area contributed by atoms with Gasteiger partial charge in [0, 0.05) is 24.1 Å². The number of fused-ring (bicyclic) bond motifs is 3. The van der Waals surface area contributed by atoms with E-state index in [0.29, 0.717) is 11.6 Å². The topological polar surface area (TPSA) is 54.6 Å². The number of hydrogen-bond acceptors (Lipinski definition) is 3. The number of nitrogens with zero attached hydrogens (tertiary/aromatic N) is 3. The summed E-state index contributed by atoms with van der Waals surface area (Å²) >= 11 is 0. The van der Waals surface area contributed by atoms with Gasteiger partial charge in [-0.3, -0.25) is 4.98 Å². The first kappa shape index (κ1) is 21.2. The SMILES string of the molecule is C/C=C(/C(C)=N)c1cc2ncc3nc(C4CCCCC4)n(C)c3c2cc1C.CC. The predicted octanol–water partition coefficient (Wildman–Crippen LogP) is 6.95. The van der Waals surface area contributed by atoms with E-state index in [1.807, 2.05) is 40.0 Å². The number of aromatic nitrogens is 3. The van der Waals surface area contributed by atoms with Gasteiger partial charge in [-0.25, -0.2) is 4.98 Å². The van der Waals surface area contributed by atoms with Crippen LogP contribution in [0, 0.1) is 12.3 Å². The molecule has 2 aromatic heterocycles. The van der Waals surface area contributed by atoms with E-state index in [2.05, 4.69) is 30.7 Å². The van der Waals surface area contributed by atoms with Crippen LogP contribution in [0.1, 0.15) is 82.7 Å². The summed E-state index contributed by atoms with van der Waals surface area (Å²) in [5, 5.41) is 9.23. The maximum Gasteiger partial charge on any atom is 0.112 e. The first-order valence-electron chi connectivity index (χ1n) is 11.0. The third-order valence-electron chi connectivity index (χ3n) is 6.03. The Morgan fingerprint density at radius 2 is 1.83 bits per heavy atom. The van der Waals surface area contributed by atoms with Crippen LogP contribution in [0.5, 0.6) is 0 Å². The molecule has 1 fully saturated rings. The Kier molecular flexibility index (Phi) is 6.51. The summed E-state index contributed by atoms with van der Waals surface area (Å²) in [6.45, 7) is 9.96. The lowest BCUT2D eigenvalue weighted by molar-refractivity contribution is 0.423. The number of rotatable bonds is 3. The Morgan fingerprint density at radius 1 is 1.14 bits per heavy atom. The summed E-state index contributed by atoms with van der Waals surface area (Å²) in [5.41, 5.74) is 6.99. The highest BCUT2D eigenvalue weighted by molar-refractivity contribution is 6.22. The van der Waals surface area contributed by atoms with Crippen molar-refractivity contribution in [3.8, 4) is 0 Å². The van der Waals surface area contributed by atoms with Crippen molar-refractivity contribution >= 4 is 33.2 Å². The summed E-state index contributed by atoms with van der Waals surface area (Å²) in [4.78, 5) is 9.69. The summed E-state index contributed by atoms with van der Waals surface area (Å²) in [6, 6.07) is 4.35. The number of allylic oxidation sites excluding steroid dienone is 2. The minimum Gasteiger partial charge on any atom is -0.330 e. The molecule has 0 atom stereocenters. The molecule has 4 nitrogen and oxygen atoms in total. The normalized spacial score (nSPS) is 15.4. The molecule has 2 heterocycles. The standard InChI is InChI=1S/C23H28N4.C2H6/c1-5-17(15(3)24)18-12-20-19(11-14(18)2)22-21(13-25-20)26-23(27(22)4)16-9-7-6-8-10-16;1-2/h5,11-13,16,24H,6-10H2,1-4H3;1-2H3/b17-5-,24-15?;. The molecule has 3 aromatic rings. The van der Waals surface area contributed by atoms with Crippen molar-refractivity contribution in [1.82, 2.24) is 14.5 Å². The number of aryl methyl sites for hydroxylation is 2. The highest BCUT2D eigenvalue weighted by atomic mass is 15.1. The van der Waals surface area contributed by atoms with Crippen LogP contribution in [-0.4, -0.2) is 20.2 Å². The van der Waals surface area contributed by atoms with Crippen molar-refractivity contribution in [2.45, 2.75) is 72.6 Å². The van der Waals surface area contributed by atoms with E-state index in [1.54, 1.807) is 0 Å². The smallest absolute Gasteiger partial charge is 0.112 e. The van der Waals surface area contributed by atoms with Gasteiger partial charge < -0.3 is 9.98 Å². The van der Waals surface area contributed by atoms with Gasteiger partial charge in [-0.05, 0) is 62.4 Å². The summed E-state index contributed by atoms with van der Waals surface area (Å²) in [6.07, 6.45) is 10.4. The lowest BCUT2D eigenvalue weighted by Crippen LogP contribution is -2.10. The zero-order valence-electron chi connectivity index (χ0n) is 18.8. The molecule has 29 heavy (non-hydrogen) atoms. The predicted molar refractivity (Wildman–Crippen MR) is 125 cm³/mol. The lowest BCUT2D eigenvalue weighted by atomic mass is 9.89. The van der Waals surface area contributed by atoms with E-state index in [1.165, 1.54) is 49.0 Å². The Morgan fingerprint density at radius 3 is 2.45 bits per heavy atom. The second-order valence-corrected chi connectivity index (χ2v) is 7.87. The molecule has 1 aromatic carbocycles. The van der Waals surface area contributed by atoms with Crippen molar-refractivity contribution in [3.63, 3.8) is 0 Å². The quantitative estimate of drug-likeness (QED) is 0.492. The molecule has 1 N–H and O–H groups in total. The Labute approximate surface area is 174 Å². The number of benzene rings is 1. The third kappa shape index (κ3) is 3.85. The summed E-state index contributed by atoms with van der Waals surface area (Å²) in [5.74, 6) is 1.78. The second kappa shape index (κ2) is 8.89. The summed E-state index contributed by atoms with van der Waals surface area (Å²) in [7, 11) is 2.15. The van der Waals surface area contributed by atoms with Crippen LogP contribution in [0.25, 0.3) is 27.5 Å². The van der Waals surface area contributed by atoms with E-state index >= 15 is 0 Å². The molecule has 0 radical (unpaired) electrons. The molecular weight excluding hydrogens is 356 g/mol. The largest absolute Gasteiger partial charge is 0.330 e. The molecule has 0 unspecified atom stereocenters. The Balaban J connectivity index is 0.00000117. The molecule has 154 valence electrons. The van der Waals surface area contributed by atoms with Gasteiger partial charge in [-0.1, -0.05) is 39.2 Å². The Bertz CT molecular complexity index is 1070. The molecule has 1 aliphatic rings. The van der Waals surface area contributed by atoms with Crippen LogP contribution in [0.3, 0.4) is 0 Å². The van der Waals surface area contributed by atoms with Crippen molar-refractivity contribution in [3.05, 3.63) is 41.4 Å². The second-order valence-electron chi connectivity index (χ2n) is 7.87. The van der Waals surface area contributed by atoms with Gasteiger partial charge in [0.25, 0.3) is 0 Å². The average molecular weight is 391 g/mol. The zero-order valence-corrected chi connectivity index (χ0v) is 18.8. The maximum atomic E-state index is 8.07. The fraction of sp³-hybridized carbons (Fsp3) is 0.480. The van der Waals surface area contributed by atoms with E-state index in [0.717, 1.165) is 27.6 Å². The van der Waals surface area contributed by atoms with Crippen LogP contribution in [0.2, 0.25) is 0 Å². The van der Waals surface area contributed by atoms with Crippen LogP contribution < -0.4 is 0 Å². The molecule has 4 heteroatoms. The van der Waals surface area contributed by atoms with E-state index < -0.39 is 0 Å².